The third-order valence-corrected chi connectivity index (χ3v) is 6.17. The molecule has 0 amide bonds. The predicted molar refractivity (Wildman–Crippen MR) is 103 cm³/mol. The Kier molecular flexibility index (Phi) is 4.77. The summed E-state index contributed by atoms with van der Waals surface area (Å²) in [5.41, 5.74) is 2.78. The summed E-state index contributed by atoms with van der Waals surface area (Å²) in [6.07, 6.45) is 4.58. The van der Waals surface area contributed by atoms with Gasteiger partial charge in [-0.15, -0.1) is 0 Å². The molecule has 2 aliphatic rings. The first kappa shape index (κ1) is 18.8. The van der Waals surface area contributed by atoms with E-state index in [2.05, 4.69) is 4.98 Å². The molecule has 1 aliphatic carbocycles. The highest BCUT2D eigenvalue weighted by molar-refractivity contribution is 5.76. The lowest BCUT2D eigenvalue weighted by atomic mass is 9.64. The van der Waals surface area contributed by atoms with Gasteiger partial charge in [0.2, 0.25) is 0 Å². The van der Waals surface area contributed by atoms with Crippen LogP contribution in [0, 0.1) is 23.7 Å². The minimum absolute atomic E-state index is 0.220. The van der Waals surface area contributed by atoms with Crippen molar-refractivity contribution in [3.05, 3.63) is 60.4 Å². The predicted octanol–water partition coefficient (Wildman–Crippen LogP) is 5.23. The number of carbonyl (C=O) groups excluding carboxylic acids is 1. The minimum atomic E-state index is -2.89. The maximum Gasteiger partial charge on any atom is 0.309 e. The van der Waals surface area contributed by atoms with Crippen molar-refractivity contribution in [2.75, 3.05) is 0 Å². The first-order chi connectivity index (χ1) is 13.4. The molecular formula is C23H23F2NO2. The largest absolute Gasteiger partial charge is 0.462 e. The van der Waals surface area contributed by atoms with Crippen molar-refractivity contribution in [1.29, 1.82) is 0 Å². The molecule has 2 fully saturated rings. The second kappa shape index (κ2) is 7.12. The van der Waals surface area contributed by atoms with E-state index in [9.17, 15) is 13.6 Å². The number of alkyl halides is 2. The Morgan fingerprint density at radius 2 is 1.86 bits per heavy atom. The van der Waals surface area contributed by atoms with Gasteiger partial charge in [0.15, 0.2) is 0 Å². The van der Waals surface area contributed by atoms with E-state index in [1.165, 1.54) is 0 Å². The number of halogens is 2. The summed E-state index contributed by atoms with van der Waals surface area (Å²) in [7, 11) is 0. The number of cyclic esters (lactones) is 1. The molecule has 5 atom stereocenters. The van der Waals surface area contributed by atoms with Crippen LogP contribution in [-0.2, 0) is 9.53 Å². The van der Waals surface area contributed by atoms with Gasteiger partial charge in [-0.2, -0.15) is 0 Å². The van der Waals surface area contributed by atoms with Crippen LogP contribution in [0.4, 0.5) is 8.78 Å². The van der Waals surface area contributed by atoms with Gasteiger partial charge in [0.25, 0.3) is 5.92 Å². The van der Waals surface area contributed by atoms with Crippen molar-refractivity contribution in [2.24, 2.45) is 23.7 Å². The van der Waals surface area contributed by atoms with Gasteiger partial charge in [0, 0.05) is 30.0 Å². The van der Waals surface area contributed by atoms with Crippen molar-refractivity contribution in [1.82, 2.24) is 4.98 Å². The van der Waals surface area contributed by atoms with Crippen LogP contribution in [0.1, 0.15) is 26.0 Å². The lowest BCUT2D eigenvalue weighted by molar-refractivity contribution is -0.152. The summed E-state index contributed by atoms with van der Waals surface area (Å²) >= 11 is 0. The van der Waals surface area contributed by atoms with Gasteiger partial charge < -0.3 is 4.74 Å². The fraction of sp³-hybridized carbons (Fsp3) is 0.391. The van der Waals surface area contributed by atoms with Crippen LogP contribution in [0.5, 0.6) is 0 Å². The maximum absolute atomic E-state index is 14.5. The van der Waals surface area contributed by atoms with E-state index < -0.39 is 36.1 Å². The van der Waals surface area contributed by atoms with Gasteiger partial charge in [-0.25, -0.2) is 8.78 Å². The highest BCUT2D eigenvalue weighted by atomic mass is 19.3. The normalized spacial score (nSPS) is 31.6. The van der Waals surface area contributed by atoms with Crippen LogP contribution >= 0.6 is 0 Å². The van der Waals surface area contributed by atoms with Crippen LogP contribution in [0.15, 0.2) is 54.7 Å². The Morgan fingerprint density at radius 3 is 2.54 bits per heavy atom. The molecule has 0 spiro atoms. The van der Waals surface area contributed by atoms with E-state index in [1.807, 2.05) is 42.5 Å². The zero-order valence-electron chi connectivity index (χ0n) is 15.9. The Balaban J connectivity index is 1.58. The molecule has 0 radical (unpaired) electrons. The summed E-state index contributed by atoms with van der Waals surface area (Å²) in [6, 6.07) is 13.8. The quantitative estimate of drug-likeness (QED) is 0.681. The van der Waals surface area contributed by atoms with Gasteiger partial charge >= 0.3 is 5.97 Å². The monoisotopic (exact) mass is 383 g/mol. The number of hydrogen-bond donors (Lipinski definition) is 0. The van der Waals surface area contributed by atoms with Crippen LogP contribution < -0.4 is 0 Å². The topological polar surface area (TPSA) is 39.2 Å². The Bertz CT molecular complexity index is 879. The lowest BCUT2D eigenvalue weighted by Crippen LogP contribution is -2.46. The number of nitrogens with zero attached hydrogens (tertiary/aromatic N) is 1. The number of hydrogen-bond acceptors (Lipinski definition) is 3. The zero-order valence-corrected chi connectivity index (χ0v) is 15.9. The van der Waals surface area contributed by atoms with Crippen molar-refractivity contribution >= 4 is 12.0 Å². The third kappa shape index (κ3) is 3.34. The molecule has 2 heterocycles. The van der Waals surface area contributed by atoms with Crippen molar-refractivity contribution in [3.63, 3.8) is 0 Å². The van der Waals surface area contributed by atoms with E-state index in [0.717, 1.165) is 11.1 Å². The Hall–Kier alpha value is -2.56. The second-order valence-corrected chi connectivity index (χ2v) is 7.85. The molecule has 1 saturated heterocycles. The molecule has 1 aliphatic heterocycles. The van der Waals surface area contributed by atoms with E-state index in [0.29, 0.717) is 5.69 Å². The van der Waals surface area contributed by atoms with Crippen LogP contribution in [0.25, 0.3) is 17.2 Å². The molecule has 1 saturated carbocycles. The molecule has 0 bridgehead atoms. The lowest BCUT2D eigenvalue weighted by Gasteiger charge is -2.41. The molecule has 5 heteroatoms. The molecule has 3 nitrogen and oxygen atoms in total. The van der Waals surface area contributed by atoms with Crippen molar-refractivity contribution in [3.8, 4) is 11.1 Å². The molecule has 0 N–H and O–H groups in total. The van der Waals surface area contributed by atoms with Crippen molar-refractivity contribution in [2.45, 2.75) is 32.3 Å². The third-order valence-electron chi connectivity index (χ3n) is 6.17. The first-order valence-corrected chi connectivity index (χ1v) is 9.65. The summed E-state index contributed by atoms with van der Waals surface area (Å²) in [5, 5.41) is 0. The minimum Gasteiger partial charge on any atom is -0.462 e. The standard InChI is InChI=1S/C23H23F2NO2/c1-14-19(21-15(2)28-22(27)20(21)12-23(14,24)25)11-10-18-9-8-17(13-26-18)16-6-4-3-5-7-16/h3-11,13-15,19-21H,12H2,1-2H3/b11-10+/t14-,15+,19-,20+,21-/m0/s1. The van der Waals surface area contributed by atoms with Gasteiger partial charge in [0.1, 0.15) is 6.10 Å². The number of benzene rings is 1. The zero-order chi connectivity index (χ0) is 19.9. The fourth-order valence-corrected chi connectivity index (χ4v) is 4.54. The molecule has 146 valence electrons. The number of fused-ring (bicyclic) bond motifs is 1. The average Bonchev–Trinajstić information content (AvgIpc) is 2.96. The average molecular weight is 383 g/mol. The van der Waals surface area contributed by atoms with E-state index in [1.54, 1.807) is 32.2 Å². The number of rotatable bonds is 3. The van der Waals surface area contributed by atoms with E-state index in [-0.39, 0.29) is 12.0 Å². The molecule has 1 aromatic carbocycles. The summed E-state index contributed by atoms with van der Waals surface area (Å²) in [4.78, 5) is 16.5. The van der Waals surface area contributed by atoms with Crippen LogP contribution in [0.3, 0.4) is 0 Å². The molecule has 2 aromatic rings. The number of esters is 1. The smallest absolute Gasteiger partial charge is 0.309 e. The number of pyridine rings is 1. The Labute approximate surface area is 163 Å². The van der Waals surface area contributed by atoms with Crippen LogP contribution in [0.2, 0.25) is 0 Å². The summed E-state index contributed by atoms with van der Waals surface area (Å²) in [6.45, 7) is 3.36. The highest BCUT2D eigenvalue weighted by Gasteiger charge is 2.59. The van der Waals surface area contributed by atoms with Crippen molar-refractivity contribution < 1.29 is 18.3 Å². The maximum atomic E-state index is 14.5. The second-order valence-electron chi connectivity index (χ2n) is 7.85. The molecule has 0 unspecified atom stereocenters. The van der Waals surface area contributed by atoms with E-state index in [4.69, 9.17) is 4.74 Å². The Morgan fingerprint density at radius 1 is 1.11 bits per heavy atom. The fourth-order valence-electron chi connectivity index (χ4n) is 4.54. The SMILES string of the molecule is C[C@H]1OC(=O)[C@@H]2CC(F)(F)[C@@H](C)[C@H](/C=C/c3ccc(-c4ccccc4)cn3)[C@H]12. The van der Waals surface area contributed by atoms with E-state index >= 15 is 0 Å². The number of aromatic nitrogens is 1. The molecule has 4 rings (SSSR count). The first-order valence-electron chi connectivity index (χ1n) is 9.65. The molecular weight excluding hydrogens is 360 g/mol. The summed E-state index contributed by atoms with van der Waals surface area (Å²) in [5.74, 6) is -5.63. The van der Waals surface area contributed by atoms with Gasteiger partial charge in [-0.3, -0.25) is 9.78 Å². The van der Waals surface area contributed by atoms with Gasteiger partial charge in [-0.05, 0) is 30.5 Å². The molecule has 1 aromatic heterocycles. The summed E-state index contributed by atoms with van der Waals surface area (Å²) < 4.78 is 34.3. The molecule has 28 heavy (non-hydrogen) atoms. The van der Waals surface area contributed by atoms with Crippen LogP contribution in [-0.4, -0.2) is 23.0 Å². The number of allylic oxidation sites excluding steroid dienone is 1. The highest BCUT2D eigenvalue weighted by Crippen LogP contribution is 2.52. The van der Waals surface area contributed by atoms with Gasteiger partial charge in [0.05, 0.1) is 11.6 Å². The number of ether oxygens (including phenoxy) is 1. The van der Waals surface area contributed by atoms with Gasteiger partial charge in [-0.1, -0.05) is 49.4 Å². The number of carbonyl (C=O) groups is 1.